The van der Waals surface area contributed by atoms with Crippen molar-refractivity contribution >= 4 is 5.91 Å². The van der Waals surface area contributed by atoms with Crippen LogP contribution in [0.15, 0.2) is 18.2 Å². The molecule has 1 aromatic carbocycles. The first-order valence-electron chi connectivity index (χ1n) is 6.26. The van der Waals surface area contributed by atoms with Crippen LogP contribution in [0.25, 0.3) is 0 Å². The van der Waals surface area contributed by atoms with E-state index in [1.54, 1.807) is 18.2 Å². The summed E-state index contributed by atoms with van der Waals surface area (Å²) in [5, 5.41) is 11.6. The van der Waals surface area contributed by atoms with Gasteiger partial charge in [-0.25, -0.2) is 0 Å². The Morgan fingerprint density at radius 1 is 1.37 bits per heavy atom. The third kappa shape index (κ3) is 4.13. The molecule has 5 heteroatoms. The highest BCUT2D eigenvalue weighted by molar-refractivity contribution is 5.97. The van der Waals surface area contributed by atoms with Crippen molar-refractivity contribution < 1.29 is 19.4 Å². The van der Waals surface area contributed by atoms with Gasteiger partial charge in [-0.3, -0.25) is 4.79 Å². The summed E-state index contributed by atoms with van der Waals surface area (Å²) < 4.78 is 10.4. The zero-order valence-electron chi connectivity index (χ0n) is 11.6. The Labute approximate surface area is 113 Å². The highest BCUT2D eigenvalue weighted by Gasteiger charge is 2.17. The number of aliphatic hydroxyl groups is 1. The zero-order chi connectivity index (χ0) is 14.3. The molecule has 0 bridgehead atoms. The van der Waals surface area contributed by atoms with Crippen molar-refractivity contribution in [1.29, 1.82) is 0 Å². The fourth-order valence-electron chi connectivity index (χ4n) is 1.84. The normalized spacial score (nSPS) is 11.8. The lowest BCUT2D eigenvalue weighted by Crippen LogP contribution is -2.32. The number of carbonyl (C=O) groups is 1. The van der Waals surface area contributed by atoms with E-state index >= 15 is 0 Å². The number of benzene rings is 1. The molecule has 0 spiro atoms. The van der Waals surface area contributed by atoms with E-state index in [9.17, 15) is 4.79 Å². The van der Waals surface area contributed by atoms with Crippen molar-refractivity contribution in [3.63, 3.8) is 0 Å². The van der Waals surface area contributed by atoms with E-state index in [2.05, 4.69) is 5.32 Å². The minimum atomic E-state index is -0.207. The van der Waals surface area contributed by atoms with E-state index in [1.807, 2.05) is 6.92 Å². The molecule has 0 aromatic heterocycles. The molecule has 5 nitrogen and oxygen atoms in total. The lowest BCUT2D eigenvalue weighted by molar-refractivity contribution is 0.0932. The van der Waals surface area contributed by atoms with Gasteiger partial charge in [0.2, 0.25) is 0 Å². The van der Waals surface area contributed by atoms with Crippen LogP contribution in [-0.4, -0.2) is 37.9 Å². The Bertz CT molecular complexity index is 420. The van der Waals surface area contributed by atoms with Crippen molar-refractivity contribution in [2.45, 2.75) is 25.8 Å². The van der Waals surface area contributed by atoms with Gasteiger partial charge in [0.1, 0.15) is 0 Å². The topological polar surface area (TPSA) is 67.8 Å². The number of hydrogen-bond donors (Lipinski definition) is 2. The second kappa shape index (κ2) is 7.63. The quantitative estimate of drug-likeness (QED) is 0.787. The molecule has 1 aromatic rings. The van der Waals surface area contributed by atoms with E-state index in [4.69, 9.17) is 14.6 Å². The maximum Gasteiger partial charge on any atom is 0.255 e. The number of carbonyl (C=O) groups excluding carboxylic acids is 1. The zero-order valence-corrected chi connectivity index (χ0v) is 11.6. The maximum atomic E-state index is 12.2. The largest absolute Gasteiger partial charge is 0.493 e. The van der Waals surface area contributed by atoms with Gasteiger partial charge in [-0.05, 0) is 31.9 Å². The Hall–Kier alpha value is -1.75. The van der Waals surface area contributed by atoms with E-state index < -0.39 is 0 Å². The number of aliphatic hydroxyl groups excluding tert-OH is 1. The second-order valence-electron chi connectivity index (χ2n) is 4.28. The van der Waals surface area contributed by atoms with Crippen LogP contribution >= 0.6 is 0 Å². The molecule has 0 aliphatic carbocycles. The molecule has 2 N–H and O–H groups in total. The monoisotopic (exact) mass is 267 g/mol. The van der Waals surface area contributed by atoms with Crippen LogP contribution in [0.5, 0.6) is 11.5 Å². The maximum absolute atomic E-state index is 12.2. The molecule has 0 saturated carbocycles. The third-order valence-corrected chi connectivity index (χ3v) is 2.82. The average molecular weight is 267 g/mol. The predicted octanol–water partition coefficient (Wildman–Crippen LogP) is 1.59. The van der Waals surface area contributed by atoms with Gasteiger partial charge in [-0.1, -0.05) is 6.07 Å². The Kier molecular flexibility index (Phi) is 6.15. The van der Waals surface area contributed by atoms with Crippen LogP contribution in [0.4, 0.5) is 0 Å². The average Bonchev–Trinajstić information content (AvgIpc) is 2.43. The fraction of sp³-hybridized carbons (Fsp3) is 0.500. The third-order valence-electron chi connectivity index (χ3n) is 2.82. The fourth-order valence-corrected chi connectivity index (χ4v) is 1.84. The molecule has 1 rings (SSSR count). The van der Waals surface area contributed by atoms with Crippen LogP contribution in [0.1, 0.15) is 30.1 Å². The van der Waals surface area contributed by atoms with Crippen LogP contribution < -0.4 is 14.8 Å². The molecule has 1 atom stereocenters. The summed E-state index contributed by atoms with van der Waals surface area (Å²) >= 11 is 0. The van der Waals surface area contributed by atoms with Crippen molar-refractivity contribution in [1.82, 2.24) is 5.32 Å². The lowest BCUT2D eigenvalue weighted by Gasteiger charge is -2.16. The molecule has 19 heavy (non-hydrogen) atoms. The lowest BCUT2D eigenvalue weighted by atomic mass is 10.1. The van der Waals surface area contributed by atoms with Crippen molar-refractivity contribution in [3.05, 3.63) is 23.8 Å². The van der Waals surface area contributed by atoms with Crippen molar-refractivity contribution in [2.24, 2.45) is 0 Å². The van der Waals surface area contributed by atoms with Crippen LogP contribution in [0.3, 0.4) is 0 Å². The van der Waals surface area contributed by atoms with Gasteiger partial charge < -0.3 is 19.9 Å². The number of rotatable bonds is 7. The summed E-state index contributed by atoms with van der Waals surface area (Å²) in [5.74, 6) is 0.746. The molecule has 0 radical (unpaired) electrons. The van der Waals surface area contributed by atoms with Gasteiger partial charge in [0.25, 0.3) is 5.91 Å². The Morgan fingerprint density at radius 3 is 2.68 bits per heavy atom. The molecule has 0 fully saturated rings. The van der Waals surface area contributed by atoms with E-state index in [0.29, 0.717) is 23.5 Å². The molecular weight excluding hydrogens is 246 g/mol. The predicted molar refractivity (Wildman–Crippen MR) is 72.8 cm³/mol. The minimum absolute atomic E-state index is 0.00411. The summed E-state index contributed by atoms with van der Waals surface area (Å²) in [5.41, 5.74) is 0.442. The van der Waals surface area contributed by atoms with E-state index in [1.165, 1.54) is 14.2 Å². The number of amides is 1. The Balaban J connectivity index is 2.81. The van der Waals surface area contributed by atoms with Gasteiger partial charge in [-0.2, -0.15) is 0 Å². The van der Waals surface area contributed by atoms with Gasteiger partial charge >= 0.3 is 0 Å². The van der Waals surface area contributed by atoms with Crippen LogP contribution in [-0.2, 0) is 0 Å². The summed E-state index contributed by atoms with van der Waals surface area (Å²) in [6, 6.07) is 5.17. The number of nitrogens with one attached hydrogen (secondary N) is 1. The molecular formula is C14H21NO4. The molecule has 0 saturated heterocycles. The molecule has 106 valence electrons. The smallest absolute Gasteiger partial charge is 0.255 e. The molecule has 1 amide bonds. The number of para-hydroxylation sites is 1. The summed E-state index contributed by atoms with van der Waals surface area (Å²) in [6.45, 7) is 2.03. The Morgan fingerprint density at radius 2 is 2.11 bits per heavy atom. The van der Waals surface area contributed by atoms with Gasteiger partial charge in [-0.15, -0.1) is 0 Å². The molecule has 0 aliphatic rings. The van der Waals surface area contributed by atoms with Crippen molar-refractivity contribution in [2.75, 3.05) is 20.8 Å². The minimum Gasteiger partial charge on any atom is -0.493 e. The van der Waals surface area contributed by atoms with Gasteiger partial charge in [0.05, 0.1) is 19.8 Å². The number of methoxy groups -OCH3 is 2. The van der Waals surface area contributed by atoms with E-state index in [0.717, 1.165) is 6.42 Å². The van der Waals surface area contributed by atoms with Crippen LogP contribution in [0.2, 0.25) is 0 Å². The van der Waals surface area contributed by atoms with Crippen LogP contribution in [0, 0.1) is 0 Å². The first-order valence-corrected chi connectivity index (χ1v) is 6.26. The number of ether oxygens (including phenoxy) is 2. The summed E-state index contributed by atoms with van der Waals surface area (Å²) in [4.78, 5) is 12.2. The number of hydrogen-bond acceptors (Lipinski definition) is 4. The molecule has 1 unspecified atom stereocenters. The first-order chi connectivity index (χ1) is 9.13. The standard InChI is InChI=1S/C14H21NO4/c1-10(6-5-9-16)15-14(17)11-7-4-8-12(18-2)13(11)19-3/h4,7-8,10,16H,5-6,9H2,1-3H3,(H,15,17). The van der Waals surface area contributed by atoms with Gasteiger partial charge in [0, 0.05) is 12.6 Å². The van der Waals surface area contributed by atoms with E-state index in [-0.39, 0.29) is 18.6 Å². The summed E-state index contributed by atoms with van der Waals surface area (Å²) in [6.07, 6.45) is 1.39. The van der Waals surface area contributed by atoms with Gasteiger partial charge in [0.15, 0.2) is 11.5 Å². The SMILES string of the molecule is COc1cccc(C(=O)NC(C)CCCO)c1OC. The highest BCUT2D eigenvalue weighted by Crippen LogP contribution is 2.30. The van der Waals surface area contributed by atoms with Crippen molar-refractivity contribution in [3.8, 4) is 11.5 Å². The first kappa shape index (κ1) is 15.3. The summed E-state index contributed by atoms with van der Waals surface area (Å²) in [7, 11) is 3.03. The molecule has 0 heterocycles. The highest BCUT2D eigenvalue weighted by atomic mass is 16.5. The second-order valence-corrected chi connectivity index (χ2v) is 4.28. The molecule has 0 aliphatic heterocycles.